The maximum atomic E-state index is 11.2. The van der Waals surface area contributed by atoms with E-state index in [1.165, 1.54) is 0 Å². The summed E-state index contributed by atoms with van der Waals surface area (Å²) >= 11 is 0. The molecule has 5 atom stereocenters. The van der Waals surface area contributed by atoms with Crippen molar-refractivity contribution in [1.29, 1.82) is 0 Å². The van der Waals surface area contributed by atoms with Gasteiger partial charge in [-0.05, 0) is 6.92 Å². The first-order valence-corrected chi connectivity index (χ1v) is 4.39. The van der Waals surface area contributed by atoms with Crippen molar-refractivity contribution in [1.82, 2.24) is 0 Å². The van der Waals surface area contributed by atoms with Gasteiger partial charge in [-0.15, -0.1) is 0 Å². The van der Waals surface area contributed by atoms with Gasteiger partial charge in [0.1, 0.15) is 18.3 Å². The Morgan fingerprint density at radius 2 is 1.93 bits per heavy atom. The number of aliphatic hydroxyl groups excluding tert-OH is 4. The van der Waals surface area contributed by atoms with Crippen molar-refractivity contribution in [3.05, 3.63) is 0 Å². The molecule has 0 aromatic carbocycles. The fourth-order valence-electron chi connectivity index (χ4n) is 1.58. The highest BCUT2D eigenvalue weighted by molar-refractivity contribution is 5.86. The first-order valence-electron chi connectivity index (χ1n) is 4.39. The van der Waals surface area contributed by atoms with E-state index in [4.69, 9.17) is 10.2 Å². The van der Waals surface area contributed by atoms with Gasteiger partial charge in [-0.1, -0.05) is 0 Å². The van der Waals surface area contributed by atoms with Crippen molar-refractivity contribution in [2.24, 2.45) is 0 Å². The molecule has 0 aromatic heterocycles. The molecule has 15 heavy (non-hydrogen) atoms. The minimum Gasteiger partial charge on any atom is -0.394 e. The van der Waals surface area contributed by atoms with E-state index < -0.39 is 42.6 Å². The molecule has 0 aliphatic carbocycles. The second-order valence-corrected chi connectivity index (χ2v) is 3.51. The first-order chi connectivity index (χ1) is 6.85. The minimum atomic E-state index is -2.41. The molecule has 7 heteroatoms. The number of hydrogen-bond donors (Lipinski definition) is 5. The summed E-state index contributed by atoms with van der Waals surface area (Å²) in [6, 6.07) is 0. The highest BCUT2D eigenvalue weighted by Crippen LogP contribution is 2.29. The van der Waals surface area contributed by atoms with Gasteiger partial charge in [-0.2, -0.15) is 0 Å². The number of ketones is 1. The lowest BCUT2D eigenvalue weighted by Crippen LogP contribution is -2.69. The second-order valence-electron chi connectivity index (χ2n) is 3.51. The third-order valence-electron chi connectivity index (χ3n) is 2.59. The van der Waals surface area contributed by atoms with E-state index >= 15 is 0 Å². The van der Waals surface area contributed by atoms with Crippen LogP contribution in [0.3, 0.4) is 0 Å². The number of rotatable bonds is 2. The molecule has 0 bridgehead atoms. The van der Waals surface area contributed by atoms with E-state index in [2.05, 4.69) is 4.74 Å². The van der Waals surface area contributed by atoms with Crippen molar-refractivity contribution in [2.75, 3.05) is 6.61 Å². The molecular formula is C8H14O7. The van der Waals surface area contributed by atoms with Gasteiger partial charge in [0.15, 0.2) is 17.7 Å². The lowest BCUT2D eigenvalue weighted by molar-refractivity contribution is -0.310. The lowest BCUT2D eigenvalue weighted by Gasteiger charge is -2.44. The van der Waals surface area contributed by atoms with Crippen LogP contribution >= 0.6 is 0 Å². The molecule has 0 spiro atoms. The zero-order valence-corrected chi connectivity index (χ0v) is 8.07. The molecule has 88 valence electrons. The minimum absolute atomic E-state index is 0.767. The lowest BCUT2D eigenvalue weighted by atomic mass is 9.81. The monoisotopic (exact) mass is 222 g/mol. The summed E-state index contributed by atoms with van der Waals surface area (Å²) in [5.41, 5.74) is -2.41. The van der Waals surface area contributed by atoms with Crippen molar-refractivity contribution >= 4 is 5.78 Å². The Morgan fingerprint density at radius 3 is 2.33 bits per heavy atom. The summed E-state index contributed by atoms with van der Waals surface area (Å²) in [5.74, 6) is -0.861. The van der Waals surface area contributed by atoms with Gasteiger partial charge in [0.25, 0.3) is 0 Å². The standard InChI is InChI=1S/C8H14O7/c1-3(10)8(14)4(2-9)15-7(13)5(11)6(8)12/h4-7,9,11-14H,2H2,1H3/t4-,5-,6-,7?,8-/m0/s1. The summed E-state index contributed by atoms with van der Waals surface area (Å²) in [6.45, 7) is 0.219. The van der Waals surface area contributed by atoms with Crippen molar-refractivity contribution in [2.45, 2.75) is 37.1 Å². The van der Waals surface area contributed by atoms with Gasteiger partial charge in [-0.3, -0.25) is 4.79 Å². The van der Waals surface area contributed by atoms with Crippen LogP contribution in [0.5, 0.6) is 0 Å². The Hall–Kier alpha value is -0.570. The number of carbonyl (C=O) groups excluding carboxylic acids is 1. The number of hydrogen-bond acceptors (Lipinski definition) is 7. The molecule has 1 rings (SSSR count). The fourth-order valence-corrected chi connectivity index (χ4v) is 1.58. The van der Waals surface area contributed by atoms with Crippen LogP contribution < -0.4 is 0 Å². The maximum Gasteiger partial charge on any atom is 0.184 e. The van der Waals surface area contributed by atoms with Crippen LogP contribution in [0.15, 0.2) is 0 Å². The van der Waals surface area contributed by atoms with Gasteiger partial charge < -0.3 is 30.3 Å². The van der Waals surface area contributed by atoms with Crippen molar-refractivity contribution in [3.63, 3.8) is 0 Å². The molecule has 0 saturated carbocycles. The normalized spacial score (nSPS) is 46.5. The van der Waals surface area contributed by atoms with Crippen LogP contribution in [0.2, 0.25) is 0 Å². The topological polar surface area (TPSA) is 127 Å². The number of carbonyl (C=O) groups is 1. The summed E-state index contributed by atoms with van der Waals surface area (Å²) < 4.78 is 4.62. The third kappa shape index (κ3) is 1.78. The second kappa shape index (κ2) is 4.12. The Bertz CT molecular complexity index is 251. The molecule has 1 saturated heterocycles. The molecule has 1 unspecified atom stereocenters. The average Bonchev–Trinajstić information content (AvgIpc) is 2.20. The molecule has 1 fully saturated rings. The van der Waals surface area contributed by atoms with Gasteiger partial charge in [0.05, 0.1) is 6.61 Å². The van der Waals surface area contributed by atoms with Gasteiger partial charge >= 0.3 is 0 Å². The van der Waals surface area contributed by atoms with Crippen LogP contribution in [0.1, 0.15) is 6.92 Å². The zero-order valence-electron chi connectivity index (χ0n) is 8.07. The van der Waals surface area contributed by atoms with Gasteiger partial charge in [-0.25, -0.2) is 0 Å². The Kier molecular flexibility index (Phi) is 3.44. The van der Waals surface area contributed by atoms with Crippen LogP contribution in [-0.4, -0.2) is 68.1 Å². The molecule has 0 amide bonds. The highest BCUT2D eigenvalue weighted by Gasteiger charge is 2.57. The van der Waals surface area contributed by atoms with Crippen LogP contribution in [-0.2, 0) is 9.53 Å². The van der Waals surface area contributed by atoms with Crippen LogP contribution in [0, 0.1) is 0 Å². The number of aliphatic hydroxyl groups is 5. The van der Waals surface area contributed by atoms with Crippen LogP contribution in [0.25, 0.3) is 0 Å². The first kappa shape index (κ1) is 12.5. The molecule has 0 radical (unpaired) electrons. The van der Waals surface area contributed by atoms with E-state index in [-0.39, 0.29) is 0 Å². The SMILES string of the molecule is CC(=O)[C@]1(O)[C@H](CO)OC(O)[C@@H](O)[C@@H]1O. The summed E-state index contributed by atoms with van der Waals surface area (Å²) in [5, 5.41) is 46.5. The van der Waals surface area contributed by atoms with E-state index in [1.54, 1.807) is 0 Å². The smallest absolute Gasteiger partial charge is 0.184 e. The van der Waals surface area contributed by atoms with Crippen molar-refractivity contribution < 1.29 is 35.1 Å². The van der Waals surface area contributed by atoms with E-state index in [1.807, 2.05) is 0 Å². The van der Waals surface area contributed by atoms with Crippen molar-refractivity contribution in [3.8, 4) is 0 Å². The maximum absolute atomic E-state index is 11.2. The van der Waals surface area contributed by atoms with E-state index in [0.717, 1.165) is 6.92 Å². The molecule has 5 N–H and O–H groups in total. The van der Waals surface area contributed by atoms with Gasteiger partial charge in [0, 0.05) is 0 Å². The Labute approximate surface area is 85.5 Å². The molecule has 1 heterocycles. The predicted octanol–water partition coefficient (Wildman–Crippen LogP) is -3.26. The molecule has 0 aromatic rings. The number of ether oxygens (including phenoxy) is 1. The third-order valence-corrected chi connectivity index (χ3v) is 2.59. The average molecular weight is 222 g/mol. The molecule has 7 nitrogen and oxygen atoms in total. The summed E-state index contributed by atoms with van der Waals surface area (Å²) in [4.78, 5) is 11.2. The zero-order chi connectivity index (χ0) is 11.8. The quantitative estimate of drug-likeness (QED) is 0.332. The molecule has 1 aliphatic rings. The predicted molar refractivity (Wildman–Crippen MR) is 45.6 cm³/mol. The van der Waals surface area contributed by atoms with E-state index in [9.17, 15) is 20.1 Å². The highest BCUT2D eigenvalue weighted by atomic mass is 16.6. The number of Topliss-reactive ketones (excluding diaryl/α,β-unsaturated/α-hetero) is 1. The molecular weight excluding hydrogens is 208 g/mol. The summed E-state index contributed by atoms with van der Waals surface area (Å²) in [7, 11) is 0. The van der Waals surface area contributed by atoms with E-state index in [0.29, 0.717) is 0 Å². The van der Waals surface area contributed by atoms with Crippen LogP contribution in [0.4, 0.5) is 0 Å². The Morgan fingerprint density at radius 1 is 1.40 bits per heavy atom. The summed E-state index contributed by atoms with van der Waals surface area (Å²) in [6.07, 6.45) is -6.93. The largest absolute Gasteiger partial charge is 0.394 e. The molecule has 1 aliphatic heterocycles. The fraction of sp³-hybridized carbons (Fsp3) is 0.875. The van der Waals surface area contributed by atoms with Gasteiger partial charge in [0.2, 0.25) is 0 Å². The Balaban J connectivity index is 3.04.